The largest absolute Gasteiger partial charge is 0.462 e. The molecule has 0 aliphatic heterocycles. The number of carbonyl (C=O) groups is 1. The van der Waals surface area contributed by atoms with E-state index in [0.717, 1.165) is 12.1 Å². The second kappa shape index (κ2) is 6.73. The fourth-order valence-electron chi connectivity index (χ4n) is 2.45. The van der Waals surface area contributed by atoms with Gasteiger partial charge >= 0.3 is 5.97 Å². The summed E-state index contributed by atoms with van der Waals surface area (Å²) in [6.07, 6.45) is 0. The number of aromatic nitrogens is 1. The van der Waals surface area contributed by atoms with Crippen LogP contribution < -0.4 is 5.43 Å². The zero-order valence-corrected chi connectivity index (χ0v) is 13.2. The molecule has 1 heterocycles. The molecule has 0 aliphatic rings. The Balaban J connectivity index is 2.57. The number of halogens is 2. The maximum absolute atomic E-state index is 13.9. The highest BCUT2D eigenvalue weighted by Crippen LogP contribution is 2.17. The zero-order valence-electron chi connectivity index (χ0n) is 13.2. The number of nitrogens with zero attached hydrogens (tertiary/aromatic N) is 1. The SMILES string of the molecule is CCOC(=O)c1c(C)n(Cc2c(F)cccc2F)c(C)cc1=O. The van der Waals surface area contributed by atoms with Gasteiger partial charge in [0.1, 0.15) is 17.2 Å². The molecule has 0 saturated carbocycles. The number of pyridine rings is 1. The number of hydrogen-bond acceptors (Lipinski definition) is 3. The van der Waals surface area contributed by atoms with Crippen LogP contribution in [0.15, 0.2) is 29.1 Å². The molecule has 23 heavy (non-hydrogen) atoms. The fourth-order valence-corrected chi connectivity index (χ4v) is 2.45. The van der Waals surface area contributed by atoms with Crippen molar-refractivity contribution >= 4 is 5.97 Å². The molecule has 0 radical (unpaired) electrons. The van der Waals surface area contributed by atoms with Gasteiger partial charge in [0.2, 0.25) is 0 Å². The second-order valence-electron chi connectivity index (χ2n) is 5.12. The summed E-state index contributed by atoms with van der Waals surface area (Å²) in [5, 5.41) is 0. The molecule has 1 aromatic heterocycles. The van der Waals surface area contributed by atoms with Crippen LogP contribution in [0, 0.1) is 25.5 Å². The first-order chi connectivity index (χ1) is 10.9. The predicted octanol–water partition coefficient (Wildman–Crippen LogP) is 2.97. The van der Waals surface area contributed by atoms with Crippen molar-refractivity contribution in [2.24, 2.45) is 0 Å². The molecule has 122 valence electrons. The summed E-state index contributed by atoms with van der Waals surface area (Å²) in [5.41, 5.74) is 0.106. The van der Waals surface area contributed by atoms with Gasteiger partial charge in [-0.15, -0.1) is 0 Å². The summed E-state index contributed by atoms with van der Waals surface area (Å²) in [6, 6.07) is 4.87. The van der Waals surface area contributed by atoms with Gasteiger partial charge in [0.15, 0.2) is 5.43 Å². The third-order valence-electron chi connectivity index (χ3n) is 3.64. The van der Waals surface area contributed by atoms with Crippen LogP contribution in [0.25, 0.3) is 0 Å². The molecule has 0 atom stereocenters. The Morgan fingerprint density at radius 1 is 1.22 bits per heavy atom. The Hall–Kier alpha value is -2.50. The number of ether oxygens (including phenoxy) is 1. The molecule has 0 bridgehead atoms. The predicted molar refractivity (Wildman–Crippen MR) is 81.6 cm³/mol. The van der Waals surface area contributed by atoms with Crippen molar-refractivity contribution in [1.82, 2.24) is 4.57 Å². The van der Waals surface area contributed by atoms with Crippen LogP contribution in [0.3, 0.4) is 0 Å². The van der Waals surface area contributed by atoms with Gasteiger partial charge in [-0.3, -0.25) is 4.79 Å². The summed E-state index contributed by atoms with van der Waals surface area (Å²) in [6.45, 7) is 4.84. The molecule has 0 amide bonds. The molecule has 2 aromatic rings. The molecule has 1 aromatic carbocycles. The van der Waals surface area contributed by atoms with E-state index in [0.29, 0.717) is 11.4 Å². The maximum atomic E-state index is 13.9. The lowest BCUT2D eigenvalue weighted by atomic mass is 10.1. The van der Waals surface area contributed by atoms with Gasteiger partial charge in [-0.25, -0.2) is 13.6 Å². The van der Waals surface area contributed by atoms with Gasteiger partial charge in [-0.05, 0) is 32.9 Å². The number of esters is 1. The summed E-state index contributed by atoms with van der Waals surface area (Å²) in [7, 11) is 0. The van der Waals surface area contributed by atoms with E-state index in [9.17, 15) is 18.4 Å². The molecule has 2 rings (SSSR count). The number of carbonyl (C=O) groups excluding carboxylic acids is 1. The van der Waals surface area contributed by atoms with Crippen LogP contribution in [0.4, 0.5) is 8.78 Å². The maximum Gasteiger partial charge on any atom is 0.343 e. The highest BCUT2D eigenvalue weighted by Gasteiger charge is 2.20. The van der Waals surface area contributed by atoms with Crippen molar-refractivity contribution in [1.29, 1.82) is 0 Å². The number of hydrogen-bond donors (Lipinski definition) is 0. The summed E-state index contributed by atoms with van der Waals surface area (Å²) < 4.78 is 34.1. The quantitative estimate of drug-likeness (QED) is 0.814. The standard InChI is InChI=1S/C17H17F2NO3/c1-4-23-17(22)16-11(3)20(10(2)8-15(16)21)9-12-13(18)6-5-7-14(12)19/h5-8H,4,9H2,1-3H3. The summed E-state index contributed by atoms with van der Waals surface area (Å²) in [5.74, 6) is -2.10. The minimum absolute atomic E-state index is 0.116. The van der Waals surface area contributed by atoms with Crippen LogP contribution in [0.5, 0.6) is 0 Å². The number of aryl methyl sites for hydroxylation is 1. The van der Waals surface area contributed by atoms with Gasteiger partial charge in [0, 0.05) is 23.0 Å². The third kappa shape index (κ3) is 3.31. The van der Waals surface area contributed by atoms with E-state index < -0.39 is 23.0 Å². The third-order valence-corrected chi connectivity index (χ3v) is 3.64. The van der Waals surface area contributed by atoms with Crippen molar-refractivity contribution in [2.75, 3.05) is 6.61 Å². The first kappa shape index (κ1) is 16.9. The van der Waals surface area contributed by atoms with Gasteiger partial charge in [0.25, 0.3) is 0 Å². The smallest absolute Gasteiger partial charge is 0.343 e. The Labute approximate surface area is 132 Å². The molecule has 0 spiro atoms. The molecule has 0 aliphatic carbocycles. The van der Waals surface area contributed by atoms with Crippen molar-refractivity contribution < 1.29 is 18.3 Å². The average Bonchev–Trinajstić information content (AvgIpc) is 2.46. The van der Waals surface area contributed by atoms with E-state index >= 15 is 0 Å². The van der Waals surface area contributed by atoms with E-state index in [1.807, 2.05) is 0 Å². The van der Waals surface area contributed by atoms with Crippen LogP contribution in [-0.2, 0) is 11.3 Å². The minimum Gasteiger partial charge on any atom is -0.462 e. The van der Waals surface area contributed by atoms with Crippen molar-refractivity contribution in [2.45, 2.75) is 27.3 Å². The lowest BCUT2D eigenvalue weighted by Crippen LogP contribution is -2.25. The lowest BCUT2D eigenvalue weighted by Gasteiger charge is -2.17. The van der Waals surface area contributed by atoms with E-state index in [2.05, 4.69) is 0 Å². The lowest BCUT2D eigenvalue weighted by molar-refractivity contribution is 0.0522. The van der Waals surface area contributed by atoms with Gasteiger partial charge in [-0.1, -0.05) is 6.07 Å². The van der Waals surface area contributed by atoms with E-state index in [1.165, 1.54) is 16.7 Å². The normalized spacial score (nSPS) is 10.7. The highest BCUT2D eigenvalue weighted by atomic mass is 19.1. The Morgan fingerprint density at radius 2 is 1.83 bits per heavy atom. The van der Waals surface area contributed by atoms with Gasteiger partial charge in [-0.2, -0.15) is 0 Å². The van der Waals surface area contributed by atoms with Crippen LogP contribution >= 0.6 is 0 Å². The van der Waals surface area contributed by atoms with E-state index in [4.69, 9.17) is 4.74 Å². The molecule has 0 N–H and O–H groups in total. The van der Waals surface area contributed by atoms with Gasteiger partial charge in [0.05, 0.1) is 13.2 Å². The molecule has 0 fully saturated rings. The van der Waals surface area contributed by atoms with E-state index in [-0.39, 0.29) is 24.3 Å². The van der Waals surface area contributed by atoms with Crippen LogP contribution in [0.2, 0.25) is 0 Å². The summed E-state index contributed by atoms with van der Waals surface area (Å²) in [4.78, 5) is 24.0. The van der Waals surface area contributed by atoms with Crippen LogP contribution in [-0.4, -0.2) is 17.1 Å². The first-order valence-electron chi connectivity index (χ1n) is 7.17. The molecular formula is C17H17F2NO3. The first-order valence-corrected chi connectivity index (χ1v) is 7.17. The van der Waals surface area contributed by atoms with Crippen molar-refractivity contribution in [3.63, 3.8) is 0 Å². The highest BCUT2D eigenvalue weighted by molar-refractivity contribution is 5.90. The fraction of sp³-hybridized carbons (Fsp3) is 0.294. The topological polar surface area (TPSA) is 48.3 Å². The minimum atomic E-state index is -0.738. The van der Waals surface area contributed by atoms with Crippen molar-refractivity contribution in [3.8, 4) is 0 Å². The van der Waals surface area contributed by atoms with Crippen LogP contribution in [0.1, 0.15) is 34.2 Å². The zero-order chi connectivity index (χ0) is 17.1. The number of benzene rings is 1. The monoisotopic (exact) mass is 321 g/mol. The number of rotatable bonds is 4. The van der Waals surface area contributed by atoms with Gasteiger partial charge < -0.3 is 9.30 Å². The Bertz CT molecular complexity index is 792. The molecule has 0 unspecified atom stereocenters. The Kier molecular flexibility index (Phi) is 4.93. The molecule has 0 saturated heterocycles. The molecular weight excluding hydrogens is 304 g/mol. The average molecular weight is 321 g/mol. The second-order valence-corrected chi connectivity index (χ2v) is 5.12. The Morgan fingerprint density at radius 3 is 2.39 bits per heavy atom. The van der Waals surface area contributed by atoms with Crippen molar-refractivity contribution in [3.05, 3.63) is 68.6 Å². The molecule has 4 nitrogen and oxygen atoms in total. The van der Waals surface area contributed by atoms with E-state index in [1.54, 1.807) is 20.8 Å². The summed E-state index contributed by atoms with van der Waals surface area (Å²) >= 11 is 0. The molecule has 6 heteroatoms.